The van der Waals surface area contributed by atoms with Gasteiger partial charge in [0, 0.05) is 35.6 Å². The van der Waals surface area contributed by atoms with Crippen LogP contribution in [0.2, 0.25) is 0 Å². The summed E-state index contributed by atoms with van der Waals surface area (Å²) in [6.45, 7) is 0. The first kappa shape index (κ1) is 8.58. The highest BCUT2D eigenvalue weighted by atomic mass is 15.0. The molecule has 0 aliphatic rings. The number of pyridine rings is 2. The zero-order valence-electron chi connectivity index (χ0n) is 8.78. The molecular formula is C12H7N5. The Morgan fingerprint density at radius 1 is 0.941 bits per heavy atom. The first-order valence-corrected chi connectivity index (χ1v) is 5.24. The normalized spacial score (nSPS) is 11.5. The Morgan fingerprint density at radius 3 is 2.88 bits per heavy atom. The lowest BCUT2D eigenvalue weighted by Crippen LogP contribution is -1.94. The van der Waals surface area contributed by atoms with Crippen molar-refractivity contribution in [1.82, 2.24) is 24.3 Å². The summed E-state index contributed by atoms with van der Waals surface area (Å²) in [4.78, 5) is 17.1. The Hall–Kier alpha value is -2.56. The largest absolute Gasteiger partial charge is 0.282 e. The van der Waals surface area contributed by atoms with Crippen LogP contribution in [0.15, 0.2) is 43.2 Å². The summed E-state index contributed by atoms with van der Waals surface area (Å²) >= 11 is 0. The minimum atomic E-state index is 0.814. The quantitative estimate of drug-likeness (QED) is 0.425. The van der Waals surface area contributed by atoms with Crippen LogP contribution in [0.4, 0.5) is 0 Å². The topological polar surface area (TPSA) is 56.0 Å². The van der Waals surface area contributed by atoms with Gasteiger partial charge in [-0.15, -0.1) is 0 Å². The van der Waals surface area contributed by atoms with Crippen LogP contribution in [0, 0.1) is 0 Å². The predicted molar refractivity (Wildman–Crippen MR) is 63.6 cm³/mol. The Labute approximate surface area is 95.8 Å². The van der Waals surface area contributed by atoms with E-state index < -0.39 is 0 Å². The van der Waals surface area contributed by atoms with Crippen molar-refractivity contribution in [3.63, 3.8) is 0 Å². The van der Waals surface area contributed by atoms with Crippen molar-refractivity contribution in [2.75, 3.05) is 0 Å². The van der Waals surface area contributed by atoms with Gasteiger partial charge >= 0.3 is 0 Å². The molecular weight excluding hydrogens is 214 g/mol. The fourth-order valence-corrected chi connectivity index (χ4v) is 2.15. The highest BCUT2D eigenvalue weighted by molar-refractivity contribution is 6.08. The fourth-order valence-electron chi connectivity index (χ4n) is 2.15. The summed E-state index contributed by atoms with van der Waals surface area (Å²) < 4.78 is 1.95. The summed E-state index contributed by atoms with van der Waals surface area (Å²) in [6.07, 6.45) is 8.77. The van der Waals surface area contributed by atoms with Gasteiger partial charge in [-0.05, 0) is 12.1 Å². The lowest BCUT2D eigenvalue weighted by molar-refractivity contribution is 1.17. The Morgan fingerprint density at radius 2 is 1.88 bits per heavy atom. The molecule has 17 heavy (non-hydrogen) atoms. The first-order chi connectivity index (χ1) is 8.45. The van der Waals surface area contributed by atoms with E-state index in [1.165, 1.54) is 0 Å². The van der Waals surface area contributed by atoms with E-state index in [1.807, 2.05) is 22.7 Å². The highest BCUT2D eigenvalue weighted by Crippen LogP contribution is 2.24. The van der Waals surface area contributed by atoms with Gasteiger partial charge in [0.15, 0.2) is 5.65 Å². The summed E-state index contributed by atoms with van der Waals surface area (Å²) in [7, 11) is 0. The molecule has 0 saturated carbocycles. The lowest BCUT2D eigenvalue weighted by Gasteiger charge is -2.04. The van der Waals surface area contributed by atoms with E-state index in [0.717, 1.165) is 27.6 Å². The SMILES string of the molecule is c1cnc2c(c1)c1cncnc1c1nccn21. The zero-order chi connectivity index (χ0) is 11.2. The van der Waals surface area contributed by atoms with Crippen molar-refractivity contribution in [3.8, 4) is 0 Å². The molecule has 0 atom stereocenters. The fraction of sp³-hybridized carbons (Fsp3) is 0. The molecule has 80 valence electrons. The summed E-state index contributed by atoms with van der Waals surface area (Å²) in [5, 5.41) is 2.02. The van der Waals surface area contributed by atoms with Crippen molar-refractivity contribution in [2.45, 2.75) is 0 Å². The standard InChI is InChI=1S/C12H7N5/c1-2-8-9-6-13-7-16-10(9)12-15-4-5-17(12)11(8)14-3-1/h1-7H. The van der Waals surface area contributed by atoms with E-state index in [-0.39, 0.29) is 0 Å². The third kappa shape index (κ3) is 1.02. The number of aromatic nitrogens is 5. The molecule has 0 bridgehead atoms. The van der Waals surface area contributed by atoms with Crippen LogP contribution in [0.25, 0.3) is 27.6 Å². The smallest absolute Gasteiger partial charge is 0.165 e. The second kappa shape index (κ2) is 2.98. The van der Waals surface area contributed by atoms with E-state index >= 15 is 0 Å². The maximum absolute atomic E-state index is 4.40. The van der Waals surface area contributed by atoms with Gasteiger partial charge in [0.2, 0.25) is 0 Å². The molecule has 0 aliphatic heterocycles. The van der Waals surface area contributed by atoms with E-state index in [1.54, 1.807) is 24.9 Å². The second-order valence-electron chi connectivity index (χ2n) is 3.78. The summed E-state index contributed by atoms with van der Waals surface area (Å²) in [6, 6.07) is 3.94. The van der Waals surface area contributed by atoms with Gasteiger partial charge in [-0.2, -0.15) is 0 Å². The van der Waals surface area contributed by atoms with Crippen molar-refractivity contribution in [3.05, 3.63) is 43.2 Å². The van der Waals surface area contributed by atoms with E-state index in [9.17, 15) is 0 Å². The summed E-state index contributed by atoms with van der Waals surface area (Å²) in [5.74, 6) is 0. The number of hydrogen-bond donors (Lipinski definition) is 0. The van der Waals surface area contributed by atoms with E-state index in [2.05, 4.69) is 19.9 Å². The molecule has 4 aromatic heterocycles. The third-order valence-corrected chi connectivity index (χ3v) is 2.87. The van der Waals surface area contributed by atoms with Crippen molar-refractivity contribution in [1.29, 1.82) is 0 Å². The van der Waals surface area contributed by atoms with Crippen LogP contribution in [0.5, 0.6) is 0 Å². The first-order valence-electron chi connectivity index (χ1n) is 5.24. The molecule has 0 N–H and O–H groups in total. The predicted octanol–water partition coefficient (Wildman–Crippen LogP) is 1.83. The minimum Gasteiger partial charge on any atom is -0.282 e. The van der Waals surface area contributed by atoms with Gasteiger partial charge in [-0.1, -0.05) is 0 Å². The average Bonchev–Trinajstić information content (AvgIpc) is 2.89. The molecule has 0 aliphatic carbocycles. The number of rotatable bonds is 0. The molecule has 0 fully saturated rings. The van der Waals surface area contributed by atoms with Gasteiger partial charge in [-0.25, -0.2) is 19.9 Å². The van der Waals surface area contributed by atoms with Crippen LogP contribution in [-0.4, -0.2) is 24.3 Å². The zero-order valence-corrected chi connectivity index (χ0v) is 8.78. The molecule has 0 spiro atoms. The number of hydrogen-bond acceptors (Lipinski definition) is 4. The van der Waals surface area contributed by atoms with Crippen LogP contribution in [0.1, 0.15) is 0 Å². The van der Waals surface area contributed by atoms with Crippen molar-refractivity contribution in [2.24, 2.45) is 0 Å². The van der Waals surface area contributed by atoms with E-state index in [0.29, 0.717) is 0 Å². The molecule has 5 heteroatoms. The molecule has 0 saturated heterocycles. The lowest BCUT2D eigenvalue weighted by atomic mass is 10.2. The van der Waals surface area contributed by atoms with E-state index in [4.69, 9.17) is 0 Å². The number of nitrogens with zero attached hydrogens (tertiary/aromatic N) is 5. The molecule has 5 nitrogen and oxygen atoms in total. The van der Waals surface area contributed by atoms with Crippen LogP contribution >= 0.6 is 0 Å². The van der Waals surface area contributed by atoms with Crippen molar-refractivity contribution < 1.29 is 0 Å². The van der Waals surface area contributed by atoms with Gasteiger partial charge in [0.25, 0.3) is 0 Å². The monoisotopic (exact) mass is 221 g/mol. The Bertz CT molecular complexity index is 779. The average molecular weight is 221 g/mol. The maximum Gasteiger partial charge on any atom is 0.165 e. The molecule has 0 radical (unpaired) electrons. The molecule has 4 aromatic rings. The van der Waals surface area contributed by atoms with Gasteiger partial charge in [0.1, 0.15) is 17.5 Å². The van der Waals surface area contributed by atoms with Crippen LogP contribution < -0.4 is 0 Å². The number of imidazole rings is 1. The second-order valence-corrected chi connectivity index (χ2v) is 3.78. The molecule has 0 aromatic carbocycles. The van der Waals surface area contributed by atoms with Gasteiger partial charge in [-0.3, -0.25) is 4.40 Å². The Kier molecular flexibility index (Phi) is 1.50. The molecule has 0 unspecified atom stereocenters. The number of fused-ring (bicyclic) bond motifs is 6. The van der Waals surface area contributed by atoms with Crippen molar-refractivity contribution >= 4 is 27.6 Å². The highest BCUT2D eigenvalue weighted by Gasteiger charge is 2.09. The Balaban J connectivity index is 2.48. The van der Waals surface area contributed by atoms with Crippen LogP contribution in [0.3, 0.4) is 0 Å². The van der Waals surface area contributed by atoms with Gasteiger partial charge in [0.05, 0.1) is 0 Å². The molecule has 4 rings (SSSR count). The molecule has 0 amide bonds. The maximum atomic E-state index is 4.40. The third-order valence-electron chi connectivity index (χ3n) is 2.87. The van der Waals surface area contributed by atoms with Crippen LogP contribution in [-0.2, 0) is 0 Å². The van der Waals surface area contributed by atoms with Gasteiger partial charge < -0.3 is 0 Å². The molecule has 4 heterocycles. The minimum absolute atomic E-state index is 0.814. The summed E-state index contributed by atoms with van der Waals surface area (Å²) in [5.41, 5.74) is 2.54.